The van der Waals surface area contributed by atoms with Crippen molar-refractivity contribution in [2.75, 3.05) is 6.61 Å². The fourth-order valence-electron chi connectivity index (χ4n) is 3.07. The zero-order valence-corrected chi connectivity index (χ0v) is 16.2. The molecule has 0 atom stereocenters. The summed E-state index contributed by atoms with van der Waals surface area (Å²) in [6.45, 7) is 1.46. The first-order valence-electron chi connectivity index (χ1n) is 8.74. The van der Waals surface area contributed by atoms with Gasteiger partial charge in [0, 0.05) is 33.2 Å². The summed E-state index contributed by atoms with van der Waals surface area (Å²) in [4.78, 5) is 36.5. The van der Waals surface area contributed by atoms with Gasteiger partial charge in [-0.1, -0.05) is 24.3 Å². The molecule has 3 aromatic rings. The van der Waals surface area contributed by atoms with Crippen molar-refractivity contribution in [2.45, 2.75) is 13.5 Å². The van der Waals surface area contributed by atoms with E-state index in [1.807, 2.05) is 24.3 Å². The van der Waals surface area contributed by atoms with Crippen LogP contribution in [-0.4, -0.2) is 23.3 Å². The average molecular weight is 409 g/mol. The highest BCUT2D eigenvalue weighted by Crippen LogP contribution is 2.42. The Kier molecular flexibility index (Phi) is 4.85. The fourth-order valence-corrected chi connectivity index (χ4v) is 4.16. The van der Waals surface area contributed by atoms with Gasteiger partial charge in [0.15, 0.2) is 6.61 Å². The summed E-state index contributed by atoms with van der Waals surface area (Å²) < 4.78 is 10.8. The Morgan fingerprint density at radius 1 is 1.21 bits per heavy atom. The number of hydrogen-bond acceptors (Lipinski definition) is 7. The van der Waals surface area contributed by atoms with E-state index in [1.54, 1.807) is 13.0 Å². The molecule has 0 spiro atoms. The number of fused-ring (bicyclic) bond motifs is 3. The number of ketones is 1. The number of esters is 1. The van der Waals surface area contributed by atoms with Crippen LogP contribution in [0.25, 0.3) is 10.4 Å². The number of rotatable bonds is 5. The Labute approximate surface area is 169 Å². The van der Waals surface area contributed by atoms with Crippen molar-refractivity contribution in [3.8, 4) is 16.2 Å². The van der Waals surface area contributed by atoms with Crippen molar-refractivity contribution in [2.24, 2.45) is 0 Å². The van der Waals surface area contributed by atoms with Crippen LogP contribution < -0.4 is 4.74 Å². The van der Waals surface area contributed by atoms with Crippen LogP contribution in [0.1, 0.15) is 31.2 Å². The number of nitrogens with zero attached hydrogens (tertiary/aromatic N) is 1. The molecule has 2 aromatic carbocycles. The highest BCUT2D eigenvalue weighted by Gasteiger charge is 2.24. The molecule has 0 aliphatic carbocycles. The van der Waals surface area contributed by atoms with Crippen molar-refractivity contribution in [1.82, 2.24) is 0 Å². The van der Waals surface area contributed by atoms with Crippen LogP contribution in [0.4, 0.5) is 5.69 Å². The zero-order chi connectivity index (χ0) is 20.5. The maximum atomic E-state index is 12.4. The minimum atomic E-state index is -0.614. The molecule has 0 amide bonds. The first-order chi connectivity index (χ1) is 13.9. The second kappa shape index (κ2) is 7.48. The van der Waals surface area contributed by atoms with Gasteiger partial charge in [-0.2, -0.15) is 0 Å². The van der Waals surface area contributed by atoms with Crippen LogP contribution in [0.5, 0.6) is 5.75 Å². The van der Waals surface area contributed by atoms with Gasteiger partial charge in [0.05, 0.1) is 4.92 Å². The van der Waals surface area contributed by atoms with Crippen LogP contribution in [0.3, 0.4) is 0 Å². The smallest absolute Gasteiger partial charge is 0.348 e. The first kappa shape index (κ1) is 18.8. The average Bonchev–Trinajstić information content (AvgIpc) is 3.17. The van der Waals surface area contributed by atoms with Crippen molar-refractivity contribution in [3.63, 3.8) is 0 Å². The number of ether oxygens (including phenoxy) is 2. The number of nitro groups is 1. The van der Waals surface area contributed by atoms with Gasteiger partial charge in [0.25, 0.3) is 5.69 Å². The van der Waals surface area contributed by atoms with Crippen molar-refractivity contribution in [1.29, 1.82) is 0 Å². The number of nitro benzene ring substituents is 1. The maximum Gasteiger partial charge on any atom is 0.348 e. The van der Waals surface area contributed by atoms with Gasteiger partial charge in [-0.05, 0) is 25.1 Å². The summed E-state index contributed by atoms with van der Waals surface area (Å²) in [5, 5.41) is 11.0. The fraction of sp³-hybridized carbons (Fsp3) is 0.143. The Hall–Kier alpha value is -3.52. The maximum absolute atomic E-state index is 12.4. The second-order valence-electron chi connectivity index (χ2n) is 6.51. The summed E-state index contributed by atoms with van der Waals surface area (Å²) in [5.41, 5.74) is 2.24. The molecule has 8 heteroatoms. The molecule has 0 saturated carbocycles. The Morgan fingerprint density at radius 2 is 2.00 bits per heavy atom. The molecule has 0 radical (unpaired) electrons. The van der Waals surface area contributed by atoms with Crippen molar-refractivity contribution in [3.05, 3.63) is 80.2 Å². The molecule has 146 valence electrons. The third-order valence-electron chi connectivity index (χ3n) is 4.59. The number of aryl methyl sites for hydroxylation is 1. The minimum absolute atomic E-state index is 0.128. The lowest BCUT2D eigenvalue weighted by Crippen LogP contribution is -2.14. The molecular formula is C21H15NO6S. The largest absolute Gasteiger partial charge is 0.488 e. The van der Waals surface area contributed by atoms with Gasteiger partial charge in [-0.15, -0.1) is 11.3 Å². The van der Waals surface area contributed by atoms with E-state index in [1.165, 1.54) is 29.5 Å². The van der Waals surface area contributed by atoms with E-state index in [-0.39, 0.29) is 11.3 Å². The van der Waals surface area contributed by atoms with Crippen LogP contribution in [0.2, 0.25) is 0 Å². The molecule has 0 bridgehead atoms. The topological polar surface area (TPSA) is 95.7 Å². The summed E-state index contributed by atoms with van der Waals surface area (Å²) in [5.74, 6) is -0.355. The minimum Gasteiger partial charge on any atom is -0.488 e. The van der Waals surface area contributed by atoms with Crippen molar-refractivity contribution < 1.29 is 24.0 Å². The van der Waals surface area contributed by atoms with Gasteiger partial charge < -0.3 is 9.47 Å². The van der Waals surface area contributed by atoms with E-state index in [0.717, 1.165) is 21.8 Å². The second-order valence-corrected chi connectivity index (χ2v) is 7.56. The molecular weight excluding hydrogens is 394 g/mol. The van der Waals surface area contributed by atoms with E-state index >= 15 is 0 Å². The summed E-state index contributed by atoms with van der Waals surface area (Å²) in [6.07, 6.45) is 0. The SMILES string of the molecule is Cc1ccc(C(=O)COC(=O)c2cc3c(s2)-c2ccccc2OC3)cc1[N+](=O)[O-]. The Balaban J connectivity index is 1.48. The normalized spacial score (nSPS) is 11.8. The third kappa shape index (κ3) is 3.62. The van der Waals surface area contributed by atoms with E-state index in [4.69, 9.17) is 9.47 Å². The third-order valence-corrected chi connectivity index (χ3v) is 5.78. The lowest BCUT2D eigenvalue weighted by atomic mass is 10.1. The van der Waals surface area contributed by atoms with E-state index in [2.05, 4.69) is 0 Å². The van der Waals surface area contributed by atoms with E-state index in [0.29, 0.717) is 17.0 Å². The monoisotopic (exact) mass is 409 g/mol. The number of para-hydroxylation sites is 1. The number of carbonyl (C=O) groups excluding carboxylic acids is 2. The Bertz CT molecular complexity index is 1150. The summed E-state index contributed by atoms with van der Waals surface area (Å²) >= 11 is 1.29. The molecule has 1 aliphatic rings. The van der Waals surface area contributed by atoms with Crippen molar-refractivity contribution >= 4 is 28.8 Å². The molecule has 0 saturated heterocycles. The first-order valence-corrected chi connectivity index (χ1v) is 9.56. The molecule has 7 nitrogen and oxygen atoms in total. The summed E-state index contributed by atoms with van der Waals surface area (Å²) in [6, 6.07) is 13.5. The number of thiophene rings is 1. The quantitative estimate of drug-likeness (QED) is 0.265. The highest BCUT2D eigenvalue weighted by molar-refractivity contribution is 7.17. The van der Waals surface area contributed by atoms with Gasteiger partial charge in [0.2, 0.25) is 5.78 Å². The lowest BCUT2D eigenvalue weighted by Gasteiger charge is -2.16. The number of carbonyl (C=O) groups is 2. The van der Waals surface area contributed by atoms with Crippen LogP contribution in [0.15, 0.2) is 48.5 Å². The van der Waals surface area contributed by atoms with E-state index in [9.17, 15) is 19.7 Å². The Morgan fingerprint density at radius 3 is 2.79 bits per heavy atom. The molecule has 4 rings (SSSR count). The van der Waals surface area contributed by atoms with E-state index < -0.39 is 23.3 Å². The number of benzene rings is 2. The summed E-state index contributed by atoms with van der Waals surface area (Å²) in [7, 11) is 0. The molecule has 2 heterocycles. The molecule has 29 heavy (non-hydrogen) atoms. The lowest BCUT2D eigenvalue weighted by molar-refractivity contribution is -0.385. The van der Waals surface area contributed by atoms with Crippen LogP contribution in [0, 0.1) is 17.0 Å². The van der Waals surface area contributed by atoms with Gasteiger partial charge >= 0.3 is 5.97 Å². The zero-order valence-electron chi connectivity index (χ0n) is 15.3. The van der Waals surface area contributed by atoms with Crippen LogP contribution in [-0.2, 0) is 11.3 Å². The standard InChI is InChI=1S/C21H15NO6S/c1-12-6-7-13(8-16(12)22(25)26)17(23)11-28-21(24)19-9-14-10-27-18-5-3-2-4-15(18)20(14)29-19/h2-9H,10-11H2,1H3. The predicted octanol–water partition coefficient (Wildman–Crippen LogP) is 4.56. The molecule has 0 unspecified atom stereocenters. The van der Waals surface area contributed by atoms with Gasteiger partial charge in [-0.3, -0.25) is 14.9 Å². The molecule has 0 fully saturated rings. The predicted molar refractivity (Wildman–Crippen MR) is 107 cm³/mol. The van der Waals surface area contributed by atoms with Gasteiger partial charge in [0.1, 0.15) is 17.2 Å². The highest BCUT2D eigenvalue weighted by atomic mass is 32.1. The molecule has 1 aliphatic heterocycles. The number of Topliss-reactive ketones (excluding diaryl/α,β-unsaturated/α-hetero) is 1. The van der Waals surface area contributed by atoms with Gasteiger partial charge in [-0.25, -0.2) is 4.79 Å². The van der Waals surface area contributed by atoms with Crippen LogP contribution >= 0.6 is 11.3 Å². The molecule has 1 aromatic heterocycles. The molecule has 0 N–H and O–H groups in total. The number of hydrogen-bond donors (Lipinski definition) is 0.